The number of carbonyl (C=O) groups excluding carboxylic acids is 1. The van der Waals surface area contributed by atoms with E-state index in [1.54, 1.807) is 0 Å². The molecule has 1 atom stereocenters. The van der Waals surface area contributed by atoms with E-state index in [2.05, 4.69) is 26.6 Å². The largest absolute Gasteiger partial charge is 0.396 e. The summed E-state index contributed by atoms with van der Waals surface area (Å²) < 4.78 is 0. The van der Waals surface area contributed by atoms with Gasteiger partial charge in [-0.3, -0.25) is 0 Å². The number of nitrogens with one attached hydrogen (secondary N) is 2. The van der Waals surface area contributed by atoms with Gasteiger partial charge in [0.25, 0.3) is 0 Å². The van der Waals surface area contributed by atoms with Gasteiger partial charge in [0.2, 0.25) is 0 Å². The van der Waals surface area contributed by atoms with Gasteiger partial charge >= 0.3 is 6.03 Å². The molecule has 1 aromatic rings. The lowest BCUT2D eigenvalue weighted by Crippen LogP contribution is -2.50. The summed E-state index contributed by atoms with van der Waals surface area (Å²) in [7, 11) is 0. The summed E-state index contributed by atoms with van der Waals surface area (Å²) in [5.74, 6) is 1.00. The van der Waals surface area contributed by atoms with E-state index in [0.717, 1.165) is 30.9 Å². The highest BCUT2D eigenvalue weighted by Gasteiger charge is 2.23. The van der Waals surface area contributed by atoms with Crippen LogP contribution in [0.15, 0.2) is 18.3 Å². The molecule has 1 aliphatic heterocycles. The number of carbonyl (C=O) groups is 1. The maximum absolute atomic E-state index is 12.2. The molecule has 2 amide bonds. The Morgan fingerprint density at radius 1 is 1.32 bits per heavy atom. The summed E-state index contributed by atoms with van der Waals surface area (Å²) in [6, 6.07) is 3.80. The molecular weight excluding hydrogens is 316 g/mol. The summed E-state index contributed by atoms with van der Waals surface area (Å²) in [5.41, 5.74) is 0.665. The quantitative estimate of drug-likeness (QED) is 0.708. The fourth-order valence-electron chi connectivity index (χ4n) is 3.12. The zero-order valence-electron chi connectivity index (χ0n) is 15.6. The molecule has 25 heavy (non-hydrogen) atoms. The maximum atomic E-state index is 12.2. The van der Waals surface area contributed by atoms with Crippen LogP contribution in [-0.2, 0) is 6.54 Å². The van der Waals surface area contributed by atoms with Crippen LogP contribution in [0, 0.1) is 0 Å². The van der Waals surface area contributed by atoms with Crippen molar-refractivity contribution in [3.63, 3.8) is 0 Å². The Bertz CT molecular complexity index is 544. The highest BCUT2D eigenvalue weighted by Crippen LogP contribution is 2.18. The van der Waals surface area contributed by atoms with Gasteiger partial charge in [-0.15, -0.1) is 0 Å². The number of rotatable bonds is 7. The monoisotopic (exact) mass is 348 g/mol. The Morgan fingerprint density at radius 3 is 2.68 bits per heavy atom. The third-order valence-corrected chi connectivity index (χ3v) is 5.05. The number of hydrogen-bond donors (Lipinski definition) is 3. The summed E-state index contributed by atoms with van der Waals surface area (Å²) in [4.78, 5) is 19.0. The molecule has 0 spiro atoms. The van der Waals surface area contributed by atoms with Gasteiger partial charge in [-0.2, -0.15) is 0 Å². The predicted octanol–water partition coefficient (Wildman–Crippen LogP) is 2.81. The molecule has 6 nitrogen and oxygen atoms in total. The van der Waals surface area contributed by atoms with Crippen molar-refractivity contribution in [3.05, 3.63) is 23.9 Å². The Morgan fingerprint density at radius 2 is 2.04 bits per heavy atom. The van der Waals surface area contributed by atoms with Crippen molar-refractivity contribution in [2.45, 2.75) is 64.5 Å². The first-order valence-corrected chi connectivity index (χ1v) is 9.43. The molecule has 1 fully saturated rings. The Labute approximate surface area is 151 Å². The molecule has 1 unspecified atom stereocenters. The molecule has 3 N–H and O–H groups in total. The minimum Gasteiger partial charge on any atom is -0.396 e. The van der Waals surface area contributed by atoms with Crippen LogP contribution in [0.3, 0.4) is 0 Å². The van der Waals surface area contributed by atoms with Crippen LogP contribution < -0.4 is 15.5 Å². The zero-order chi connectivity index (χ0) is 18.1. The second-order valence-corrected chi connectivity index (χ2v) is 7.12. The van der Waals surface area contributed by atoms with Crippen LogP contribution in [0.4, 0.5) is 10.6 Å². The molecule has 0 aromatic carbocycles. The zero-order valence-corrected chi connectivity index (χ0v) is 15.6. The average molecular weight is 348 g/mol. The van der Waals surface area contributed by atoms with Gasteiger partial charge in [0.15, 0.2) is 0 Å². The number of amides is 2. The lowest BCUT2D eigenvalue weighted by molar-refractivity contribution is 0.200. The number of anilines is 1. The van der Waals surface area contributed by atoms with Crippen molar-refractivity contribution in [2.75, 3.05) is 24.6 Å². The molecule has 6 heteroatoms. The fraction of sp³-hybridized carbons (Fsp3) is 0.684. The van der Waals surface area contributed by atoms with Gasteiger partial charge in [-0.05, 0) is 50.3 Å². The van der Waals surface area contributed by atoms with Crippen molar-refractivity contribution in [1.29, 1.82) is 0 Å². The number of aromatic nitrogens is 1. The number of nitrogens with zero attached hydrogens (tertiary/aromatic N) is 2. The van der Waals surface area contributed by atoms with E-state index in [0.29, 0.717) is 13.0 Å². The topological polar surface area (TPSA) is 77.5 Å². The van der Waals surface area contributed by atoms with Gasteiger partial charge in [0, 0.05) is 38.0 Å². The highest BCUT2D eigenvalue weighted by molar-refractivity contribution is 5.74. The van der Waals surface area contributed by atoms with Gasteiger partial charge < -0.3 is 20.6 Å². The van der Waals surface area contributed by atoms with Crippen LogP contribution in [0.25, 0.3) is 0 Å². The van der Waals surface area contributed by atoms with Crippen LogP contribution >= 0.6 is 0 Å². The SMILES string of the molecule is CCC(C)(CCO)NC(=O)NCc1ccnc(N2CCCCCC2)c1. The van der Waals surface area contributed by atoms with E-state index in [1.807, 2.05) is 26.1 Å². The number of urea groups is 1. The molecule has 1 aromatic heterocycles. The van der Waals surface area contributed by atoms with Gasteiger partial charge in [0.05, 0.1) is 0 Å². The van der Waals surface area contributed by atoms with Crippen molar-refractivity contribution >= 4 is 11.8 Å². The molecule has 2 rings (SSSR count). The van der Waals surface area contributed by atoms with Crippen molar-refractivity contribution < 1.29 is 9.90 Å². The normalized spacial score (nSPS) is 17.5. The van der Waals surface area contributed by atoms with Gasteiger partial charge in [0.1, 0.15) is 5.82 Å². The van der Waals surface area contributed by atoms with E-state index in [-0.39, 0.29) is 18.2 Å². The molecule has 0 aliphatic carbocycles. The molecule has 1 aliphatic rings. The summed E-state index contributed by atoms with van der Waals surface area (Å²) >= 11 is 0. The number of aliphatic hydroxyl groups is 1. The highest BCUT2D eigenvalue weighted by atomic mass is 16.3. The first-order valence-electron chi connectivity index (χ1n) is 9.43. The minimum atomic E-state index is -0.381. The fourth-order valence-corrected chi connectivity index (χ4v) is 3.12. The molecule has 0 bridgehead atoms. The molecule has 0 saturated carbocycles. The van der Waals surface area contributed by atoms with Crippen molar-refractivity contribution in [3.8, 4) is 0 Å². The summed E-state index contributed by atoms with van der Waals surface area (Å²) in [6.45, 7) is 6.60. The lowest BCUT2D eigenvalue weighted by Gasteiger charge is -2.29. The van der Waals surface area contributed by atoms with Crippen LogP contribution in [0.5, 0.6) is 0 Å². The number of pyridine rings is 1. The van der Waals surface area contributed by atoms with Crippen molar-refractivity contribution in [2.24, 2.45) is 0 Å². The second-order valence-electron chi connectivity index (χ2n) is 7.12. The second kappa shape index (κ2) is 9.61. The van der Waals surface area contributed by atoms with E-state index >= 15 is 0 Å². The third-order valence-electron chi connectivity index (χ3n) is 5.05. The average Bonchev–Trinajstić information content (AvgIpc) is 2.90. The number of hydrogen-bond acceptors (Lipinski definition) is 4. The van der Waals surface area contributed by atoms with Crippen molar-refractivity contribution in [1.82, 2.24) is 15.6 Å². The molecule has 0 radical (unpaired) electrons. The van der Waals surface area contributed by atoms with Gasteiger partial charge in [-0.1, -0.05) is 19.8 Å². The maximum Gasteiger partial charge on any atom is 0.315 e. The molecule has 140 valence electrons. The number of aliphatic hydroxyl groups excluding tert-OH is 1. The summed E-state index contributed by atoms with van der Waals surface area (Å²) in [5, 5.41) is 15.0. The lowest BCUT2D eigenvalue weighted by atomic mass is 9.95. The van der Waals surface area contributed by atoms with Crippen LogP contribution in [0.1, 0.15) is 57.9 Å². The summed E-state index contributed by atoms with van der Waals surface area (Å²) in [6.07, 6.45) is 8.15. The first-order chi connectivity index (χ1) is 12.1. The van der Waals surface area contributed by atoms with E-state index < -0.39 is 0 Å². The smallest absolute Gasteiger partial charge is 0.315 e. The van der Waals surface area contributed by atoms with E-state index in [9.17, 15) is 4.79 Å². The minimum absolute atomic E-state index is 0.0637. The van der Waals surface area contributed by atoms with E-state index in [4.69, 9.17) is 5.11 Å². The van der Waals surface area contributed by atoms with Crippen LogP contribution in [-0.4, -0.2) is 41.4 Å². The first kappa shape index (κ1) is 19.5. The standard InChI is InChI=1S/C19H32N4O2/c1-3-19(2,9-13-24)22-18(25)21-15-16-8-10-20-17(14-16)23-11-6-4-5-7-12-23/h8,10,14,24H,3-7,9,11-13,15H2,1-2H3,(H2,21,22,25). The van der Waals surface area contributed by atoms with E-state index in [1.165, 1.54) is 25.7 Å². The van der Waals surface area contributed by atoms with Crippen LogP contribution in [0.2, 0.25) is 0 Å². The third kappa shape index (κ3) is 6.20. The Hall–Kier alpha value is -1.82. The predicted molar refractivity (Wildman–Crippen MR) is 101 cm³/mol. The molecule has 1 saturated heterocycles. The molecule has 2 heterocycles. The Balaban J connectivity index is 1.90. The Kier molecular flexibility index (Phi) is 7.50. The molecular formula is C19H32N4O2. The van der Waals surface area contributed by atoms with Gasteiger partial charge in [-0.25, -0.2) is 9.78 Å².